The van der Waals surface area contributed by atoms with E-state index in [1.54, 1.807) is 6.07 Å². The van der Waals surface area contributed by atoms with Gasteiger partial charge in [-0.2, -0.15) is 13.2 Å². The lowest BCUT2D eigenvalue weighted by Crippen LogP contribution is -2.39. The number of hydrogen-bond donors (Lipinski definition) is 2. The first-order valence-corrected chi connectivity index (χ1v) is 8.52. The molecular weight excluding hydrogens is 317 g/mol. The van der Waals surface area contributed by atoms with Gasteiger partial charge in [-0.3, -0.25) is 4.21 Å². The normalized spacial score (nSPS) is 22.0. The Kier molecular flexibility index (Phi) is 5.10. The second kappa shape index (κ2) is 6.68. The molecule has 1 aromatic carbocycles. The molecule has 122 valence electrons. The Morgan fingerprint density at radius 1 is 1.36 bits per heavy atom. The fraction of sp³-hybridized carbons (Fsp3) is 0.500. The van der Waals surface area contributed by atoms with E-state index in [1.165, 1.54) is 18.4 Å². The highest BCUT2D eigenvalue weighted by molar-refractivity contribution is 7.84. The lowest BCUT2D eigenvalue weighted by molar-refractivity contribution is -0.138. The lowest BCUT2D eigenvalue weighted by atomic mass is 10.0. The first-order valence-electron chi connectivity index (χ1n) is 6.79. The van der Waals surface area contributed by atoms with Crippen LogP contribution in [0.25, 0.3) is 0 Å². The van der Waals surface area contributed by atoms with Gasteiger partial charge in [-0.05, 0) is 18.1 Å². The Bertz CT molecular complexity index is 577. The molecule has 3 atom stereocenters. The second-order valence-electron chi connectivity index (χ2n) is 5.21. The van der Waals surface area contributed by atoms with Gasteiger partial charge in [-0.25, -0.2) is 4.79 Å². The molecular formula is C14H17F3N2O2S. The first kappa shape index (κ1) is 16.8. The summed E-state index contributed by atoms with van der Waals surface area (Å²) in [6.07, 6.45) is -2.37. The van der Waals surface area contributed by atoms with E-state index < -0.39 is 28.6 Å². The minimum atomic E-state index is -4.39. The summed E-state index contributed by atoms with van der Waals surface area (Å²) in [6.45, 7) is 0.269. The maximum atomic E-state index is 12.9. The van der Waals surface area contributed by atoms with Crippen molar-refractivity contribution in [2.75, 3.05) is 18.6 Å². The van der Waals surface area contributed by atoms with Gasteiger partial charge in [-0.1, -0.05) is 18.2 Å². The van der Waals surface area contributed by atoms with E-state index in [2.05, 4.69) is 10.6 Å². The van der Waals surface area contributed by atoms with Gasteiger partial charge >= 0.3 is 12.2 Å². The number of amides is 2. The molecule has 1 saturated carbocycles. The van der Waals surface area contributed by atoms with Crippen LogP contribution in [0.2, 0.25) is 0 Å². The standard InChI is InChI=1S/C14H17F3N2O2S/c1-22(21)7-6-18-13(20)19-12-8-10(12)9-4-2-3-5-11(9)14(15,16)17/h2-5,10,12H,6-8H2,1H3,(H2,18,19,20)/t10-,12-,22-/m1/s1. The molecule has 2 rings (SSSR count). The summed E-state index contributed by atoms with van der Waals surface area (Å²) in [7, 11) is -0.996. The highest BCUT2D eigenvalue weighted by Gasteiger charge is 2.44. The predicted octanol–water partition coefficient (Wildman–Crippen LogP) is 2.24. The Morgan fingerprint density at radius 3 is 2.68 bits per heavy atom. The molecule has 0 spiro atoms. The van der Waals surface area contributed by atoms with Crippen molar-refractivity contribution < 1.29 is 22.2 Å². The number of rotatable bonds is 5. The van der Waals surface area contributed by atoms with Crippen LogP contribution in [-0.4, -0.2) is 34.8 Å². The van der Waals surface area contributed by atoms with Crippen LogP contribution in [0.3, 0.4) is 0 Å². The summed E-state index contributed by atoms with van der Waals surface area (Å²) in [5.41, 5.74) is -0.430. The molecule has 0 aliphatic heterocycles. The SMILES string of the molecule is C[S@@](=O)CCNC(=O)N[C@@H]1C[C@@H]1c1ccccc1C(F)(F)F. The molecule has 0 saturated heterocycles. The summed E-state index contributed by atoms with van der Waals surface area (Å²) >= 11 is 0. The summed E-state index contributed by atoms with van der Waals surface area (Å²) < 4.78 is 49.7. The monoisotopic (exact) mass is 334 g/mol. The third-order valence-electron chi connectivity index (χ3n) is 3.45. The number of nitrogens with one attached hydrogen (secondary N) is 2. The number of alkyl halides is 3. The zero-order valence-corrected chi connectivity index (χ0v) is 12.8. The lowest BCUT2D eigenvalue weighted by Gasteiger charge is -2.13. The molecule has 0 heterocycles. The van der Waals surface area contributed by atoms with Crippen LogP contribution in [0.1, 0.15) is 23.5 Å². The van der Waals surface area contributed by atoms with E-state index >= 15 is 0 Å². The van der Waals surface area contributed by atoms with Crippen molar-refractivity contribution in [3.63, 3.8) is 0 Å². The van der Waals surface area contributed by atoms with Gasteiger partial charge in [0.25, 0.3) is 0 Å². The van der Waals surface area contributed by atoms with E-state index in [0.717, 1.165) is 6.07 Å². The average molecular weight is 334 g/mol. The molecule has 0 radical (unpaired) electrons. The van der Waals surface area contributed by atoms with Gasteiger partial charge in [0, 0.05) is 41.3 Å². The van der Waals surface area contributed by atoms with E-state index in [-0.39, 0.29) is 24.1 Å². The number of hydrogen-bond acceptors (Lipinski definition) is 2. The Hall–Kier alpha value is -1.57. The third-order valence-corrected chi connectivity index (χ3v) is 4.23. The molecule has 1 aliphatic carbocycles. The number of halogens is 3. The van der Waals surface area contributed by atoms with Crippen molar-refractivity contribution in [3.05, 3.63) is 35.4 Å². The van der Waals surface area contributed by atoms with E-state index in [4.69, 9.17) is 0 Å². The van der Waals surface area contributed by atoms with Crippen LogP contribution in [0, 0.1) is 0 Å². The molecule has 2 N–H and O–H groups in total. The van der Waals surface area contributed by atoms with Crippen LogP contribution in [-0.2, 0) is 17.0 Å². The summed E-state index contributed by atoms with van der Waals surface area (Å²) in [6, 6.07) is 4.69. The Labute approximate surface area is 128 Å². The summed E-state index contributed by atoms with van der Waals surface area (Å²) in [5, 5.41) is 5.18. The number of urea groups is 1. The van der Waals surface area contributed by atoms with Crippen molar-refractivity contribution >= 4 is 16.8 Å². The molecule has 1 aliphatic rings. The van der Waals surface area contributed by atoms with Crippen molar-refractivity contribution in [1.82, 2.24) is 10.6 Å². The topological polar surface area (TPSA) is 58.2 Å². The Morgan fingerprint density at radius 2 is 2.05 bits per heavy atom. The van der Waals surface area contributed by atoms with Gasteiger partial charge in [-0.15, -0.1) is 0 Å². The largest absolute Gasteiger partial charge is 0.416 e. The van der Waals surface area contributed by atoms with Gasteiger partial charge in [0.15, 0.2) is 0 Å². The molecule has 2 amide bonds. The van der Waals surface area contributed by atoms with Crippen molar-refractivity contribution in [3.8, 4) is 0 Å². The minimum absolute atomic E-state index is 0.218. The average Bonchev–Trinajstić information content (AvgIpc) is 3.16. The molecule has 4 nitrogen and oxygen atoms in total. The quantitative estimate of drug-likeness (QED) is 0.868. The fourth-order valence-corrected chi connectivity index (χ4v) is 2.69. The van der Waals surface area contributed by atoms with E-state index in [1.807, 2.05) is 0 Å². The predicted molar refractivity (Wildman–Crippen MR) is 78.1 cm³/mol. The van der Waals surface area contributed by atoms with Crippen molar-refractivity contribution in [1.29, 1.82) is 0 Å². The molecule has 0 aromatic heterocycles. The second-order valence-corrected chi connectivity index (χ2v) is 6.77. The van der Waals surface area contributed by atoms with Crippen LogP contribution >= 0.6 is 0 Å². The minimum Gasteiger partial charge on any atom is -0.337 e. The summed E-state index contributed by atoms with van der Waals surface area (Å²) in [4.78, 5) is 11.6. The first-order chi connectivity index (χ1) is 10.3. The fourth-order valence-electron chi connectivity index (χ4n) is 2.30. The molecule has 22 heavy (non-hydrogen) atoms. The zero-order chi connectivity index (χ0) is 16.3. The van der Waals surface area contributed by atoms with Crippen LogP contribution in [0.5, 0.6) is 0 Å². The maximum absolute atomic E-state index is 12.9. The number of benzene rings is 1. The van der Waals surface area contributed by atoms with Crippen LogP contribution in [0.4, 0.5) is 18.0 Å². The molecule has 0 bridgehead atoms. The van der Waals surface area contributed by atoms with Crippen LogP contribution < -0.4 is 10.6 Å². The van der Waals surface area contributed by atoms with Gasteiger partial charge < -0.3 is 10.6 Å². The van der Waals surface area contributed by atoms with Gasteiger partial charge in [0.2, 0.25) is 0 Å². The zero-order valence-electron chi connectivity index (χ0n) is 11.9. The molecule has 8 heteroatoms. The summed E-state index contributed by atoms with van der Waals surface area (Å²) in [5.74, 6) is 0.0298. The third kappa shape index (κ3) is 4.46. The van der Waals surface area contributed by atoms with E-state index in [9.17, 15) is 22.2 Å². The highest BCUT2D eigenvalue weighted by atomic mass is 32.2. The highest BCUT2D eigenvalue weighted by Crippen LogP contribution is 2.45. The van der Waals surface area contributed by atoms with Gasteiger partial charge in [0.05, 0.1) is 5.56 Å². The molecule has 0 unspecified atom stereocenters. The van der Waals surface area contributed by atoms with Crippen molar-refractivity contribution in [2.24, 2.45) is 0 Å². The van der Waals surface area contributed by atoms with Crippen LogP contribution in [0.15, 0.2) is 24.3 Å². The number of carbonyl (C=O) groups is 1. The van der Waals surface area contributed by atoms with Crippen molar-refractivity contribution in [2.45, 2.75) is 24.6 Å². The smallest absolute Gasteiger partial charge is 0.337 e. The van der Waals surface area contributed by atoms with Gasteiger partial charge in [0.1, 0.15) is 0 Å². The molecule has 1 fully saturated rings. The maximum Gasteiger partial charge on any atom is 0.416 e. The molecule has 1 aromatic rings. The number of carbonyl (C=O) groups excluding carboxylic acids is 1. The van der Waals surface area contributed by atoms with E-state index in [0.29, 0.717) is 12.2 Å². The Balaban J connectivity index is 1.91.